The molecule has 3 aromatic carbocycles. The molecule has 2 N–H and O–H groups in total. The highest BCUT2D eigenvalue weighted by atomic mass is 16.6. The van der Waals surface area contributed by atoms with Crippen molar-refractivity contribution < 1.29 is 9.53 Å². The van der Waals surface area contributed by atoms with Gasteiger partial charge in [-0.25, -0.2) is 9.78 Å². The summed E-state index contributed by atoms with van der Waals surface area (Å²) in [6, 6.07) is 23.4. The zero-order valence-corrected chi connectivity index (χ0v) is 20.7. The molecule has 0 radical (unpaired) electrons. The van der Waals surface area contributed by atoms with E-state index in [4.69, 9.17) is 9.72 Å². The van der Waals surface area contributed by atoms with Gasteiger partial charge in [-0.05, 0) is 59.7 Å². The summed E-state index contributed by atoms with van der Waals surface area (Å²) in [5, 5.41) is 3.57. The Labute approximate surface area is 212 Å². The summed E-state index contributed by atoms with van der Waals surface area (Å²) in [6.45, 7) is 9.07. The molecule has 36 heavy (non-hydrogen) atoms. The Morgan fingerprint density at radius 3 is 2.75 bits per heavy atom. The maximum absolute atomic E-state index is 12.0. The molecule has 4 aromatic rings. The third-order valence-electron chi connectivity index (χ3n) is 6.74. The van der Waals surface area contributed by atoms with Crippen molar-refractivity contribution in [2.75, 3.05) is 26.2 Å². The molecule has 0 saturated carbocycles. The maximum atomic E-state index is 12.0. The van der Waals surface area contributed by atoms with Crippen molar-refractivity contribution >= 4 is 17.1 Å². The van der Waals surface area contributed by atoms with E-state index in [0.29, 0.717) is 5.92 Å². The van der Waals surface area contributed by atoms with Crippen molar-refractivity contribution in [3.63, 3.8) is 0 Å². The van der Waals surface area contributed by atoms with Crippen LogP contribution in [0, 0.1) is 12.8 Å². The van der Waals surface area contributed by atoms with E-state index >= 15 is 0 Å². The number of amides is 1. The van der Waals surface area contributed by atoms with Crippen molar-refractivity contribution in [1.82, 2.24) is 20.2 Å². The third kappa shape index (κ3) is 5.34. The van der Waals surface area contributed by atoms with Crippen LogP contribution in [0.25, 0.3) is 33.5 Å². The molecule has 1 aliphatic rings. The van der Waals surface area contributed by atoms with Crippen LogP contribution < -0.4 is 5.32 Å². The van der Waals surface area contributed by atoms with E-state index in [2.05, 4.69) is 90.5 Å². The number of nitrogens with zero attached hydrogens (tertiary/aromatic N) is 2. The first-order valence-electron chi connectivity index (χ1n) is 12.5. The van der Waals surface area contributed by atoms with Gasteiger partial charge in [-0.1, -0.05) is 61.2 Å². The van der Waals surface area contributed by atoms with Gasteiger partial charge in [0.15, 0.2) is 0 Å². The number of carbonyl (C=O) groups excluding carboxylic acids is 1. The summed E-state index contributed by atoms with van der Waals surface area (Å²) in [6.07, 6.45) is 2.34. The lowest BCUT2D eigenvalue weighted by Gasteiger charge is -2.16. The van der Waals surface area contributed by atoms with Gasteiger partial charge in [-0.2, -0.15) is 0 Å². The number of imidazole rings is 1. The Hall–Kier alpha value is -3.90. The Kier molecular flexibility index (Phi) is 7.14. The molecule has 2 heterocycles. The summed E-state index contributed by atoms with van der Waals surface area (Å²) >= 11 is 0. The molecular weight excluding hydrogens is 448 g/mol. The Morgan fingerprint density at radius 2 is 1.92 bits per heavy atom. The van der Waals surface area contributed by atoms with Gasteiger partial charge in [0, 0.05) is 31.7 Å². The molecule has 0 spiro atoms. The minimum atomic E-state index is -0.245. The standard InChI is InChI=1S/C30H32N4O2/c1-3-15-36-30(35)34-14-13-23(20-34)19-31-18-22-8-5-9-24(16-22)25-10-6-11-26(17-25)29-32-27-12-4-7-21(2)28(27)33-29/h3-12,16-17,23,31H,1,13-15,18-20H2,2H3,(H,32,33). The van der Waals surface area contributed by atoms with E-state index in [0.717, 1.165) is 60.6 Å². The van der Waals surface area contributed by atoms with Gasteiger partial charge in [0.2, 0.25) is 0 Å². The number of H-pyrrole nitrogens is 1. The van der Waals surface area contributed by atoms with Gasteiger partial charge in [-0.15, -0.1) is 0 Å². The molecule has 1 amide bonds. The number of nitrogens with one attached hydrogen (secondary N) is 2. The highest BCUT2D eigenvalue weighted by Crippen LogP contribution is 2.28. The SMILES string of the molecule is C=CCOC(=O)N1CCC(CNCc2cccc(-c3cccc(-c4nc5c(C)cccc5[nH]4)c3)c2)C1. The van der Waals surface area contributed by atoms with E-state index in [1.807, 2.05) is 0 Å². The summed E-state index contributed by atoms with van der Waals surface area (Å²) < 4.78 is 5.15. The number of rotatable bonds is 8. The quantitative estimate of drug-likeness (QED) is 0.306. The summed E-state index contributed by atoms with van der Waals surface area (Å²) in [7, 11) is 0. The van der Waals surface area contributed by atoms with E-state index in [1.165, 1.54) is 16.7 Å². The Bertz CT molecular complexity index is 1380. The van der Waals surface area contributed by atoms with Crippen LogP contribution in [0.5, 0.6) is 0 Å². The molecule has 5 rings (SSSR count). The maximum Gasteiger partial charge on any atom is 0.410 e. The van der Waals surface area contributed by atoms with Crippen LogP contribution in [0.4, 0.5) is 4.79 Å². The van der Waals surface area contributed by atoms with Crippen molar-refractivity contribution in [1.29, 1.82) is 0 Å². The number of benzene rings is 3. The molecule has 1 atom stereocenters. The summed E-state index contributed by atoms with van der Waals surface area (Å²) in [4.78, 5) is 22.1. The smallest absolute Gasteiger partial charge is 0.410 e. The lowest BCUT2D eigenvalue weighted by atomic mass is 10.0. The first-order chi connectivity index (χ1) is 17.6. The van der Waals surface area contributed by atoms with Crippen molar-refractivity contribution in [2.24, 2.45) is 5.92 Å². The second-order valence-electron chi connectivity index (χ2n) is 9.43. The number of hydrogen-bond acceptors (Lipinski definition) is 4. The topological polar surface area (TPSA) is 70.2 Å². The van der Waals surface area contributed by atoms with Gasteiger partial charge in [0.1, 0.15) is 12.4 Å². The number of aromatic amines is 1. The molecule has 184 valence electrons. The second-order valence-corrected chi connectivity index (χ2v) is 9.43. The lowest BCUT2D eigenvalue weighted by molar-refractivity contribution is 0.120. The van der Waals surface area contributed by atoms with Crippen LogP contribution in [0.2, 0.25) is 0 Å². The third-order valence-corrected chi connectivity index (χ3v) is 6.74. The summed E-state index contributed by atoms with van der Waals surface area (Å²) in [5.74, 6) is 1.33. The van der Waals surface area contributed by atoms with Gasteiger partial charge in [0.05, 0.1) is 11.0 Å². The molecule has 0 aliphatic carbocycles. The van der Waals surface area contributed by atoms with E-state index in [1.54, 1.807) is 11.0 Å². The van der Waals surface area contributed by atoms with Crippen LogP contribution in [-0.2, 0) is 11.3 Å². The molecule has 1 aliphatic heterocycles. The van der Waals surface area contributed by atoms with E-state index in [9.17, 15) is 4.79 Å². The fourth-order valence-corrected chi connectivity index (χ4v) is 4.83. The zero-order chi connectivity index (χ0) is 24.9. The van der Waals surface area contributed by atoms with Gasteiger partial charge < -0.3 is 19.9 Å². The molecule has 1 aromatic heterocycles. The number of aryl methyl sites for hydroxylation is 1. The van der Waals surface area contributed by atoms with Crippen molar-refractivity contribution in [3.05, 3.63) is 90.5 Å². The number of carbonyl (C=O) groups is 1. The van der Waals surface area contributed by atoms with Crippen LogP contribution >= 0.6 is 0 Å². The number of ether oxygens (including phenoxy) is 1. The average Bonchev–Trinajstić information content (AvgIpc) is 3.56. The van der Waals surface area contributed by atoms with Gasteiger partial charge in [-0.3, -0.25) is 0 Å². The Morgan fingerprint density at radius 1 is 1.14 bits per heavy atom. The van der Waals surface area contributed by atoms with Crippen molar-refractivity contribution in [3.8, 4) is 22.5 Å². The molecule has 1 fully saturated rings. The largest absolute Gasteiger partial charge is 0.445 e. The predicted molar refractivity (Wildman–Crippen MR) is 145 cm³/mol. The van der Waals surface area contributed by atoms with Gasteiger partial charge in [0.25, 0.3) is 0 Å². The van der Waals surface area contributed by atoms with Crippen LogP contribution in [-0.4, -0.2) is 47.2 Å². The number of aromatic nitrogens is 2. The zero-order valence-electron chi connectivity index (χ0n) is 20.7. The number of hydrogen-bond donors (Lipinski definition) is 2. The molecule has 1 saturated heterocycles. The fraction of sp³-hybridized carbons (Fsp3) is 0.267. The lowest BCUT2D eigenvalue weighted by Crippen LogP contribution is -2.31. The molecule has 1 unspecified atom stereocenters. The number of fused-ring (bicyclic) bond motifs is 1. The van der Waals surface area contributed by atoms with Crippen LogP contribution in [0.1, 0.15) is 17.5 Å². The first kappa shape index (κ1) is 23.8. The normalized spacial score (nSPS) is 15.4. The summed E-state index contributed by atoms with van der Waals surface area (Å²) in [5.41, 5.74) is 7.90. The van der Waals surface area contributed by atoms with Crippen molar-refractivity contribution in [2.45, 2.75) is 19.9 Å². The highest BCUT2D eigenvalue weighted by Gasteiger charge is 2.26. The van der Waals surface area contributed by atoms with Gasteiger partial charge >= 0.3 is 6.09 Å². The van der Waals surface area contributed by atoms with Crippen LogP contribution in [0.15, 0.2) is 79.4 Å². The predicted octanol–water partition coefficient (Wildman–Crippen LogP) is 5.94. The monoisotopic (exact) mass is 480 g/mol. The highest BCUT2D eigenvalue weighted by molar-refractivity contribution is 5.83. The molecule has 6 nitrogen and oxygen atoms in total. The Balaban J connectivity index is 1.21. The van der Waals surface area contributed by atoms with E-state index in [-0.39, 0.29) is 12.7 Å². The molecular formula is C30H32N4O2. The molecule has 0 bridgehead atoms. The first-order valence-corrected chi connectivity index (χ1v) is 12.5. The number of para-hydroxylation sites is 1. The number of likely N-dealkylation sites (tertiary alicyclic amines) is 1. The molecule has 6 heteroatoms. The van der Waals surface area contributed by atoms with E-state index < -0.39 is 0 Å². The average molecular weight is 481 g/mol. The fourth-order valence-electron chi connectivity index (χ4n) is 4.83. The minimum absolute atomic E-state index is 0.245. The minimum Gasteiger partial charge on any atom is -0.445 e. The second kappa shape index (κ2) is 10.8. The van der Waals surface area contributed by atoms with Crippen LogP contribution in [0.3, 0.4) is 0 Å².